The topological polar surface area (TPSA) is 29.0 Å². The van der Waals surface area contributed by atoms with Crippen LogP contribution in [0.3, 0.4) is 0 Å². The largest absolute Gasteiger partial charge is 0.356 e. The van der Waals surface area contributed by atoms with E-state index in [9.17, 15) is 0 Å². The third kappa shape index (κ3) is 2.81. The maximum atomic E-state index is 6.18. The molecule has 0 saturated carbocycles. The maximum Gasteiger partial charge on any atom is 0.225 e. The van der Waals surface area contributed by atoms with Crippen LogP contribution in [-0.2, 0) is 0 Å². The number of hydrogen-bond donors (Lipinski definition) is 0. The number of hydrogen-bond acceptors (Lipinski definition) is 4. The molecular weight excluding hydrogens is 326 g/mol. The Morgan fingerprint density at radius 1 is 1.04 bits per heavy atom. The monoisotopic (exact) mass is 343 g/mol. The molecular formula is C18H18ClN3S. The van der Waals surface area contributed by atoms with Gasteiger partial charge < -0.3 is 4.90 Å². The van der Waals surface area contributed by atoms with Crippen LogP contribution >= 0.6 is 22.9 Å². The Bertz CT molecular complexity index is 835. The fraction of sp³-hybridized carbons (Fsp3) is 0.333. The summed E-state index contributed by atoms with van der Waals surface area (Å²) >= 11 is 7.82. The SMILES string of the molecule is Cc1ccc(-c2csc3nc(Cl)nc(N4CCCCC4)c23)cc1. The molecule has 1 aromatic carbocycles. The van der Waals surface area contributed by atoms with Crippen LogP contribution in [0.1, 0.15) is 24.8 Å². The highest BCUT2D eigenvalue weighted by Crippen LogP contribution is 2.39. The van der Waals surface area contributed by atoms with E-state index in [1.165, 1.54) is 36.0 Å². The van der Waals surface area contributed by atoms with Gasteiger partial charge in [0.1, 0.15) is 10.6 Å². The molecule has 3 nitrogen and oxygen atoms in total. The minimum Gasteiger partial charge on any atom is -0.356 e. The molecule has 0 bridgehead atoms. The molecule has 0 N–H and O–H groups in total. The van der Waals surface area contributed by atoms with E-state index in [1.807, 2.05) is 0 Å². The number of anilines is 1. The number of piperidine rings is 1. The zero-order valence-electron chi connectivity index (χ0n) is 13.1. The lowest BCUT2D eigenvalue weighted by Crippen LogP contribution is -2.30. The van der Waals surface area contributed by atoms with Crippen molar-refractivity contribution >= 4 is 39.0 Å². The second-order valence-electron chi connectivity index (χ2n) is 6.06. The highest BCUT2D eigenvalue weighted by molar-refractivity contribution is 7.17. The van der Waals surface area contributed by atoms with E-state index < -0.39 is 0 Å². The first kappa shape index (κ1) is 14.9. The van der Waals surface area contributed by atoms with E-state index in [0.29, 0.717) is 5.28 Å². The van der Waals surface area contributed by atoms with Crippen molar-refractivity contribution < 1.29 is 0 Å². The Morgan fingerprint density at radius 2 is 1.78 bits per heavy atom. The molecule has 2 aromatic heterocycles. The molecule has 1 aliphatic rings. The van der Waals surface area contributed by atoms with Crippen molar-refractivity contribution in [3.05, 3.63) is 40.5 Å². The fourth-order valence-electron chi connectivity index (χ4n) is 3.18. The lowest BCUT2D eigenvalue weighted by molar-refractivity contribution is 0.574. The number of nitrogens with zero attached hydrogens (tertiary/aromatic N) is 3. The lowest BCUT2D eigenvalue weighted by atomic mass is 10.0. The van der Waals surface area contributed by atoms with Crippen LogP contribution in [0.15, 0.2) is 29.6 Å². The van der Waals surface area contributed by atoms with Crippen LogP contribution in [0, 0.1) is 6.92 Å². The van der Waals surface area contributed by atoms with Crippen LogP contribution in [-0.4, -0.2) is 23.1 Å². The van der Waals surface area contributed by atoms with Gasteiger partial charge in [-0.2, -0.15) is 4.98 Å². The van der Waals surface area contributed by atoms with E-state index in [4.69, 9.17) is 11.6 Å². The zero-order valence-corrected chi connectivity index (χ0v) is 14.6. The van der Waals surface area contributed by atoms with Gasteiger partial charge in [0.05, 0.1) is 5.39 Å². The maximum absolute atomic E-state index is 6.18. The molecule has 0 radical (unpaired) electrons. The molecule has 0 amide bonds. The van der Waals surface area contributed by atoms with Gasteiger partial charge >= 0.3 is 0 Å². The van der Waals surface area contributed by atoms with Crippen LogP contribution in [0.2, 0.25) is 5.28 Å². The fourth-order valence-corrected chi connectivity index (χ4v) is 4.33. The van der Waals surface area contributed by atoms with Crippen molar-refractivity contribution in [2.75, 3.05) is 18.0 Å². The Morgan fingerprint density at radius 3 is 2.52 bits per heavy atom. The van der Waals surface area contributed by atoms with Crippen LogP contribution in [0.5, 0.6) is 0 Å². The van der Waals surface area contributed by atoms with Crippen LogP contribution in [0.4, 0.5) is 5.82 Å². The standard InChI is InChI=1S/C18H18ClN3S/c1-12-5-7-13(8-6-12)14-11-23-17-15(14)16(20-18(19)21-17)22-9-3-2-4-10-22/h5-8,11H,2-4,9-10H2,1H3. The Kier molecular flexibility index (Phi) is 3.95. The first-order chi connectivity index (χ1) is 11.2. The van der Waals surface area contributed by atoms with Gasteiger partial charge in [0.25, 0.3) is 0 Å². The Hall–Kier alpha value is -1.65. The smallest absolute Gasteiger partial charge is 0.225 e. The second-order valence-corrected chi connectivity index (χ2v) is 7.26. The average Bonchev–Trinajstić information content (AvgIpc) is 2.99. The van der Waals surface area contributed by atoms with E-state index >= 15 is 0 Å². The number of fused-ring (bicyclic) bond motifs is 1. The summed E-state index contributed by atoms with van der Waals surface area (Å²) in [6.45, 7) is 4.20. The van der Waals surface area contributed by atoms with Crippen molar-refractivity contribution in [1.82, 2.24) is 9.97 Å². The molecule has 5 heteroatoms. The van der Waals surface area contributed by atoms with Gasteiger partial charge in [-0.25, -0.2) is 4.98 Å². The zero-order chi connectivity index (χ0) is 15.8. The summed E-state index contributed by atoms with van der Waals surface area (Å²) in [5.74, 6) is 0.997. The predicted octanol–water partition coefficient (Wildman–Crippen LogP) is 5.31. The number of benzene rings is 1. The van der Waals surface area contributed by atoms with Crippen molar-refractivity contribution in [2.45, 2.75) is 26.2 Å². The normalized spacial score (nSPS) is 15.3. The first-order valence-corrected chi connectivity index (χ1v) is 9.25. The minimum atomic E-state index is 0.343. The molecule has 1 fully saturated rings. The molecule has 1 saturated heterocycles. The molecule has 0 atom stereocenters. The van der Waals surface area contributed by atoms with Crippen molar-refractivity contribution in [2.24, 2.45) is 0 Å². The van der Waals surface area contributed by atoms with Gasteiger partial charge in [-0.1, -0.05) is 29.8 Å². The molecule has 0 unspecified atom stereocenters. The summed E-state index contributed by atoms with van der Waals surface area (Å²) in [6.07, 6.45) is 3.73. The Balaban J connectivity index is 1.90. The molecule has 4 rings (SSSR count). The molecule has 23 heavy (non-hydrogen) atoms. The van der Waals surface area contributed by atoms with E-state index in [2.05, 4.69) is 51.4 Å². The predicted molar refractivity (Wildman–Crippen MR) is 98.7 cm³/mol. The Labute approximate surface area is 144 Å². The second kappa shape index (κ2) is 6.10. The molecule has 0 spiro atoms. The first-order valence-electron chi connectivity index (χ1n) is 7.99. The number of aromatic nitrogens is 2. The van der Waals surface area contributed by atoms with Crippen molar-refractivity contribution in [3.63, 3.8) is 0 Å². The summed E-state index contributed by atoms with van der Waals surface area (Å²) in [5.41, 5.74) is 3.69. The third-order valence-corrected chi connectivity index (χ3v) is 5.45. The lowest BCUT2D eigenvalue weighted by Gasteiger charge is -2.28. The van der Waals surface area contributed by atoms with Crippen LogP contribution in [0.25, 0.3) is 21.3 Å². The summed E-state index contributed by atoms with van der Waals surface area (Å²) in [4.78, 5) is 12.4. The highest BCUT2D eigenvalue weighted by Gasteiger charge is 2.20. The summed E-state index contributed by atoms with van der Waals surface area (Å²) in [6, 6.07) is 8.64. The van der Waals surface area contributed by atoms with Gasteiger partial charge in [0, 0.05) is 24.0 Å². The average molecular weight is 344 g/mol. The summed E-state index contributed by atoms with van der Waals surface area (Å²) in [5, 5.41) is 3.66. The van der Waals surface area contributed by atoms with E-state index in [-0.39, 0.29) is 0 Å². The molecule has 3 heterocycles. The summed E-state index contributed by atoms with van der Waals surface area (Å²) < 4.78 is 0. The quantitative estimate of drug-likeness (QED) is 0.590. The van der Waals surface area contributed by atoms with Gasteiger partial charge in [0.15, 0.2) is 0 Å². The van der Waals surface area contributed by atoms with Gasteiger partial charge in [-0.3, -0.25) is 0 Å². The van der Waals surface area contributed by atoms with Crippen molar-refractivity contribution in [3.8, 4) is 11.1 Å². The van der Waals surface area contributed by atoms with E-state index in [1.54, 1.807) is 11.3 Å². The number of aryl methyl sites for hydroxylation is 1. The van der Waals surface area contributed by atoms with Gasteiger partial charge in [0.2, 0.25) is 5.28 Å². The number of halogens is 1. The molecule has 118 valence electrons. The summed E-state index contributed by atoms with van der Waals surface area (Å²) in [7, 11) is 0. The van der Waals surface area contributed by atoms with Crippen molar-refractivity contribution in [1.29, 1.82) is 0 Å². The van der Waals surface area contributed by atoms with Crippen LogP contribution < -0.4 is 4.90 Å². The molecule has 1 aliphatic heterocycles. The minimum absolute atomic E-state index is 0.343. The van der Waals surface area contributed by atoms with Gasteiger partial charge in [-0.05, 0) is 43.4 Å². The highest BCUT2D eigenvalue weighted by atomic mass is 35.5. The molecule has 3 aromatic rings. The molecule has 0 aliphatic carbocycles. The van der Waals surface area contributed by atoms with E-state index in [0.717, 1.165) is 29.1 Å². The number of thiophene rings is 1. The number of rotatable bonds is 2. The van der Waals surface area contributed by atoms with Gasteiger partial charge in [-0.15, -0.1) is 11.3 Å². The third-order valence-electron chi connectivity index (χ3n) is 4.41.